The highest BCUT2D eigenvalue weighted by Crippen LogP contribution is 2.38. The van der Waals surface area contributed by atoms with Crippen molar-refractivity contribution in [2.75, 3.05) is 69.8 Å². The molecule has 1 aromatic heterocycles. The van der Waals surface area contributed by atoms with Crippen LogP contribution in [0.15, 0.2) is 23.8 Å². The standard InChI is InChI=1S/C28H39ClFN7O/c1-3-22-27(29)34-28(26(33-22)25(31)19-4-5-19)32-20-6-7-23(24(18-20)38-17-10-30)37-11-8-21(9-12-37)36-15-13-35(2)14-16-36/h6-7,18,21H,3-5,8-17,31H2,1-2H3,(H,32,34). The average molecular weight is 544 g/mol. The Kier molecular flexibility index (Phi) is 8.55. The summed E-state index contributed by atoms with van der Waals surface area (Å²) in [6, 6.07) is 6.57. The van der Waals surface area contributed by atoms with E-state index in [-0.39, 0.29) is 6.61 Å². The van der Waals surface area contributed by atoms with Crippen molar-refractivity contribution in [3.05, 3.63) is 40.3 Å². The van der Waals surface area contributed by atoms with Gasteiger partial charge in [-0.3, -0.25) is 4.90 Å². The second-order valence-electron chi connectivity index (χ2n) is 10.4. The number of anilines is 3. The second-order valence-corrected chi connectivity index (χ2v) is 10.8. The number of nitrogens with zero attached hydrogens (tertiary/aromatic N) is 5. The minimum absolute atomic E-state index is 0.00927. The van der Waals surface area contributed by atoms with Crippen molar-refractivity contribution in [2.45, 2.75) is 45.1 Å². The van der Waals surface area contributed by atoms with Gasteiger partial charge in [0.2, 0.25) is 0 Å². The maximum absolute atomic E-state index is 13.1. The lowest BCUT2D eigenvalue weighted by molar-refractivity contribution is 0.0981. The van der Waals surface area contributed by atoms with Crippen LogP contribution >= 0.6 is 11.6 Å². The molecule has 38 heavy (non-hydrogen) atoms. The maximum Gasteiger partial charge on any atom is 0.160 e. The quantitative estimate of drug-likeness (QED) is 0.479. The first-order valence-electron chi connectivity index (χ1n) is 13.8. The molecule has 0 bridgehead atoms. The summed E-state index contributed by atoms with van der Waals surface area (Å²) in [4.78, 5) is 16.7. The van der Waals surface area contributed by atoms with Gasteiger partial charge in [0.25, 0.3) is 0 Å². The van der Waals surface area contributed by atoms with Gasteiger partial charge in [0.1, 0.15) is 24.7 Å². The lowest BCUT2D eigenvalue weighted by Crippen LogP contribution is -2.52. The van der Waals surface area contributed by atoms with E-state index in [1.54, 1.807) is 0 Å². The molecule has 0 spiro atoms. The Morgan fingerprint density at radius 1 is 1.13 bits per heavy atom. The second kappa shape index (κ2) is 12.1. The number of hydrogen-bond acceptors (Lipinski definition) is 8. The van der Waals surface area contributed by atoms with E-state index in [0.717, 1.165) is 82.0 Å². The summed E-state index contributed by atoms with van der Waals surface area (Å²) < 4.78 is 19.0. The molecule has 1 aliphatic carbocycles. The van der Waals surface area contributed by atoms with Crippen molar-refractivity contribution >= 4 is 34.5 Å². The molecule has 1 aromatic carbocycles. The van der Waals surface area contributed by atoms with E-state index in [9.17, 15) is 4.39 Å². The minimum Gasteiger partial charge on any atom is -0.489 e. The number of allylic oxidation sites excluding steroid dienone is 1. The topological polar surface area (TPSA) is 82.8 Å². The Morgan fingerprint density at radius 3 is 2.53 bits per heavy atom. The zero-order valence-corrected chi connectivity index (χ0v) is 23.2. The van der Waals surface area contributed by atoms with Crippen molar-refractivity contribution in [3.8, 4) is 5.75 Å². The molecule has 206 valence electrons. The number of aromatic nitrogens is 2. The van der Waals surface area contributed by atoms with Gasteiger partial charge in [-0.05, 0) is 56.9 Å². The smallest absolute Gasteiger partial charge is 0.160 e. The van der Waals surface area contributed by atoms with Crippen molar-refractivity contribution in [2.24, 2.45) is 5.73 Å². The van der Waals surface area contributed by atoms with Crippen LogP contribution in [-0.4, -0.2) is 85.4 Å². The summed E-state index contributed by atoms with van der Waals surface area (Å²) in [6.07, 6.45) is 4.86. The van der Waals surface area contributed by atoms with E-state index in [1.165, 1.54) is 5.57 Å². The Morgan fingerprint density at radius 2 is 1.87 bits per heavy atom. The van der Waals surface area contributed by atoms with Gasteiger partial charge in [-0.25, -0.2) is 14.4 Å². The lowest BCUT2D eigenvalue weighted by Gasteiger charge is -2.42. The highest BCUT2D eigenvalue weighted by atomic mass is 35.5. The van der Waals surface area contributed by atoms with E-state index >= 15 is 0 Å². The van der Waals surface area contributed by atoms with Gasteiger partial charge < -0.3 is 25.6 Å². The summed E-state index contributed by atoms with van der Waals surface area (Å²) in [5.41, 5.74) is 11.4. The van der Waals surface area contributed by atoms with Crippen molar-refractivity contribution < 1.29 is 9.13 Å². The molecule has 3 aliphatic rings. The first kappa shape index (κ1) is 27.0. The molecular formula is C28H39ClFN7O. The summed E-state index contributed by atoms with van der Waals surface area (Å²) in [5.74, 6) is 1.17. The fourth-order valence-electron chi connectivity index (χ4n) is 5.36. The first-order valence-corrected chi connectivity index (χ1v) is 14.2. The number of piperidine rings is 1. The van der Waals surface area contributed by atoms with Crippen LogP contribution < -0.4 is 20.7 Å². The molecule has 2 saturated heterocycles. The van der Waals surface area contributed by atoms with Crippen molar-refractivity contribution in [3.63, 3.8) is 0 Å². The van der Waals surface area contributed by atoms with E-state index in [4.69, 9.17) is 27.1 Å². The maximum atomic E-state index is 13.1. The number of ether oxygens (including phenoxy) is 1. The number of hydrogen-bond donors (Lipinski definition) is 2. The lowest BCUT2D eigenvalue weighted by atomic mass is 10.0. The highest BCUT2D eigenvalue weighted by molar-refractivity contribution is 6.30. The van der Waals surface area contributed by atoms with E-state index in [1.807, 2.05) is 25.1 Å². The fourth-order valence-corrected chi connectivity index (χ4v) is 5.62. The van der Waals surface area contributed by atoms with Crippen LogP contribution in [0, 0.1) is 0 Å². The number of likely N-dealkylation sites (N-methyl/N-ethyl adjacent to an activating group) is 1. The summed E-state index contributed by atoms with van der Waals surface area (Å²) in [6.45, 7) is 7.91. The molecule has 2 aromatic rings. The normalized spacial score (nSPS) is 19.1. The average Bonchev–Trinajstić information content (AvgIpc) is 3.78. The molecule has 0 unspecified atom stereocenters. The van der Waals surface area contributed by atoms with Gasteiger partial charge in [-0.1, -0.05) is 18.5 Å². The van der Waals surface area contributed by atoms with Gasteiger partial charge in [0, 0.05) is 57.1 Å². The minimum atomic E-state index is -0.545. The zero-order valence-electron chi connectivity index (χ0n) is 22.5. The molecule has 2 aliphatic heterocycles. The third-order valence-electron chi connectivity index (χ3n) is 7.81. The summed E-state index contributed by atoms with van der Waals surface area (Å²) in [5, 5.41) is 3.72. The molecule has 3 fully saturated rings. The monoisotopic (exact) mass is 543 g/mol. The molecular weight excluding hydrogens is 505 g/mol. The Hall–Kier alpha value is -2.62. The molecule has 0 radical (unpaired) electrons. The molecule has 10 heteroatoms. The predicted molar refractivity (Wildman–Crippen MR) is 152 cm³/mol. The zero-order chi connectivity index (χ0) is 26.6. The molecule has 1 saturated carbocycles. The molecule has 0 atom stereocenters. The molecule has 5 rings (SSSR count). The van der Waals surface area contributed by atoms with E-state index in [0.29, 0.717) is 40.6 Å². The third-order valence-corrected chi connectivity index (χ3v) is 8.11. The predicted octanol–water partition coefficient (Wildman–Crippen LogP) is 4.46. The Balaban J connectivity index is 1.34. The van der Waals surface area contributed by atoms with Crippen LogP contribution in [0.3, 0.4) is 0 Å². The van der Waals surface area contributed by atoms with Gasteiger partial charge in [0.05, 0.1) is 17.1 Å². The molecule has 8 nitrogen and oxygen atoms in total. The van der Waals surface area contributed by atoms with Crippen LogP contribution in [0.2, 0.25) is 5.15 Å². The number of alkyl halides is 1. The fraction of sp³-hybridized carbons (Fsp3) is 0.571. The van der Waals surface area contributed by atoms with E-state index < -0.39 is 6.67 Å². The van der Waals surface area contributed by atoms with Crippen molar-refractivity contribution in [1.82, 2.24) is 19.8 Å². The molecule has 3 N–H and O–H groups in total. The number of rotatable bonds is 9. The number of benzene rings is 1. The largest absolute Gasteiger partial charge is 0.489 e. The summed E-state index contributed by atoms with van der Waals surface area (Å²) >= 11 is 6.42. The van der Waals surface area contributed by atoms with Gasteiger partial charge >= 0.3 is 0 Å². The number of nitrogens with one attached hydrogen (secondary N) is 1. The SMILES string of the molecule is CCc1nc(C(N)=C2CC2)c(Nc2ccc(N3CCC(N4CCN(C)CC4)CC3)c(OCCF)c2)nc1Cl. The Bertz CT molecular complexity index is 1150. The van der Waals surface area contributed by atoms with Gasteiger partial charge in [-0.2, -0.15) is 0 Å². The summed E-state index contributed by atoms with van der Waals surface area (Å²) in [7, 11) is 2.19. The van der Waals surface area contributed by atoms with E-state index in [2.05, 4.69) is 32.0 Å². The van der Waals surface area contributed by atoms with Gasteiger partial charge in [0.15, 0.2) is 11.0 Å². The van der Waals surface area contributed by atoms with Crippen LogP contribution in [0.25, 0.3) is 5.70 Å². The number of piperazine rings is 1. The number of halogens is 2. The third kappa shape index (κ3) is 6.16. The first-order chi connectivity index (χ1) is 18.5. The van der Waals surface area contributed by atoms with Crippen LogP contribution in [0.4, 0.5) is 21.6 Å². The Labute approximate surface area is 230 Å². The number of nitrogens with two attached hydrogens (primary N) is 1. The van der Waals surface area contributed by atoms with Crippen molar-refractivity contribution in [1.29, 1.82) is 0 Å². The highest BCUT2D eigenvalue weighted by Gasteiger charge is 2.28. The molecule has 0 amide bonds. The van der Waals surface area contributed by atoms with Crippen LogP contribution in [0.1, 0.15) is 44.0 Å². The van der Waals surface area contributed by atoms with Crippen LogP contribution in [0.5, 0.6) is 5.75 Å². The van der Waals surface area contributed by atoms with Crippen LogP contribution in [-0.2, 0) is 6.42 Å². The molecule has 3 heterocycles. The number of aryl methyl sites for hydroxylation is 1. The van der Waals surface area contributed by atoms with Gasteiger partial charge in [-0.15, -0.1) is 0 Å².